The fourth-order valence-electron chi connectivity index (χ4n) is 5.33. The van der Waals surface area contributed by atoms with E-state index >= 15 is 0 Å². The maximum absolute atomic E-state index is 6.34. The Morgan fingerprint density at radius 2 is 1.76 bits per heavy atom. The van der Waals surface area contributed by atoms with Gasteiger partial charge >= 0.3 is 7.12 Å². The third kappa shape index (κ3) is 4.78. The van der Waals surface area contributed by atoms with Crippen LogP contribution in [0.25, 0.3) is 23.1 Å². The van der Waals surface area contributed by atoms with Crippen LogP contribution in [-0.2, 0) is 18.8 Å². The van der Waals surface area contributed by atoms with E-state index in [1.54, 1.807) is 0 Å². The van der Waals surface area contributed by atoms with Crippen molar-refractivity contribution in [2.75, 3.05) is 19.8 Å². The van der Waals surface area contributed by atoms with Gasteiger partial charge in [-0.2, -0.15) is 10.2 Å². The van der Waals surface area contributed by atoms with Crippen molar-refractivity contribution in [2.45, 2.75) is 83.3 Å². The molecule has 0 amide bonds. The van der Waals surface area contributed by atoms with E-state index in [2.05, 4.69) is 74.0 Å². The predicted octanol–water partition coefficient (Wildman–Crippen LogP) is 4.75. The molecule has 9 heteroatoms. The van der Waals surface area contributed by atoms with E-state index in [1.807, 2.05) is 10.9 Å². The fourth-order valence-corrected chi connectivity index (χ4v) is 5.33. The van der Waals surface area contributed by atoms with Crippen LogP contribution in [0.15, 0.2) is 30.6 Å². The molecule has 3 aliphatic heterocycles. The lowest BCUT2D eigenvalue weighted by molar-refractivity contribution is -0.0367. The van der Waals surface area contributed by atoms with Gasteiger partial charge in [-0.1, -0.05) is 12.1 Å². The fraction of sp³-hybridized carbons (Fsp3) is 0.571. The Labute approximate surface area is 219 Å². The Morgan fingerprint density at radius 1 is 0.973 bits per heavy atom. The number of aromatic nitrogens is 4. The maximum atomic E-state index is 6.34. The minimum atomic E-state index is -0.418. The van der Waals surface area contributed by atoms with E-state index in [1.165, 1.54) is 0 Å². The molecule has 3 aromatic rings. The lowest BCUT2D eigenvalue weighted by Crippen LogP contribution is -2.41. The van der Waals surface area contributed by atoms with Gasteiger partial charge in [-0.15, -0.1) is 0 Å². The van der Waals surface area contributed by atoms with Crippen molar-refractivity contribution in [3.05, 3.63) is 41.9 Å². The number of benzene rings is 1. The molecular formula is C28H37BN4O4. The molecule has 1 unspecified atom stereocenters. The summed E-state index contributed by atoms with van der Waals surface area (Å²) in [5, 5.41) is 10.7. The van der Waals surface area contributed by atoms with Crippen molar-refractivity contribution in [3.8, 4) is 0 Å². The molecule has 0 bridgehead atoms. The molecule has 0 saturated carbocycles. The molecule has 3 fully saturated rings. The highest BCUT2D eigenvalue weighted by Crippen LogP contribution is 2.37. The van der Waals surface area contributed by atoms with Crippen LogP contribution < -0.4 is 5.46 Å². The molecule has 1 atom stereocenters. The van der Waals surface area contributed by atoms with E-state index < -0.39 is 7.12 Å². The Kier molecular flexibility index (Phi) is 6.51. The normalized spacial score (nSPS) is 24.4. The van der Waals surface area contributed by atoms with Gasteiger partial charge in [0, 0.05) is 37.0 Å². The van der Waals surface area contributed by atoms with Crippen LogP contribution in [0.4, 0.5) is 0 Å². The van der Waals surface area contributed by atoms with Gasteiger partial charge in [-0.25, -0.2) is 4.68 Å². The van der Waals surface area contributed by atoms with Crippen molar-refractivity contribution < 1.29 is 18.8 Å². The Bertz CT molecular complexity index is 1270. The third-order valence-corrected chi connectivity index (χ3v) is 8.33. The molecule has 0 aliphatic carbocycles. The minimum Gasteiger partial charge on any atom is -0.399 e. The van der Waals surface area contributed by atoms with E-state index in [9.17, 15) is 0 Å². The SMILES string of the molecule is CC1(C)OB(c2ccc3c(c2)c(/C=C/c2cnn(C4CCOCC4)c2)nn3C2CCCCO2)OC1(C)C. The zero-order valence-electron chi connectivity index (χ0n) is 22.4. The summed E-state index contributed by atoms with van der Waals surface area (Å²) < 4.78 is 28.4. The number of ether oxygens (including phenoxy) is 2. The Morgan fingerprint density at radius 3 is 2.49 bits per heavy atom. The first-order valence-corrected chi connectivity index (χ1v) is 13.6. The first-order valence-electron chi connectivity index (χ1n) is 13.6. The molecule has 37 heavy (non-hydrogen) atoms. The van der Waals surface area contributed by atoms with Crippen LogP contribution >= 0.6 is 0 Å². The molecule has 0 radical (unpaired) electrons. The van der Waals surface area contributed by atoms with Gasteiger partial charge in [0.15, 0.2) is 6.23 Å². The number of rotatable bonds is 5. The largest absolute Gasteiger partial charge is 0.494 e. The van der Waals surface area contributed by atoms with Crippen LogP contribution in [0.3, 0.4) is 0 Å². The lowest BCUT2D eigenvalue weighted by Gasteiger charge is -2.32. The second-order valence-corrected chi connectivity index (χ2v) is 11.4. The van der Waals surface area contributed by atoms with E-state index in [0.29, 0.717) is 6.04 Å². The molecule has 2 aromatic heterocycles. The van der Waals surface area contributed by atoms with Gasteiger partial charge in [0.25, 0.3) is 0 Å². The van der Waals surface area contributed by atoms with Gasteiger partial charge in [0.2, 0.25) is 0 Å². The number of hydrogen-bond acceptors (Lipinski definition) is 6. The summed E-state index contributed by atoms with van der Waals surface area (Å²) in [7, 11) is -0.418. The summed E-state index contributed by atoms with van der Waals surface area (Å²) >= 11 is 0. The highest BCUT2D eigenvalue weighted by atomic mass is 16.7. The first kappa shape index (κ1) is 24.9. The molecule has 3 aliphatic rings. The highest BCUT2D eigenvalue weighted by molar-refractivity contribution is 6.62. The Hall–Kier alpha value is -2.46. The van der Waals surface area contributed by atoms with Gasteiger partial charge in [-0.3, -0.25) is 4.68 Å². The van der Waals surface area contributed by atoms with Crippen molar-refractivity contribution in [1.29, 1.82) is 0 Å². The maximum Gasteiger partial charge on any atom is 0.494 e. The lowest BCUT2D eigenvalue weighted by atomic mass is 9.78. The smallest absolute Gasteiger partial charge is 0.399 e. The summed E-state index contributed by atoms with van der Waals surface area (Å²) in [5.74, 6) is 0. The number of hydrogen-bond donors (Lipinski definition) is 0. The first-order chi connectivity index (χ1) is 17.8. The third-order valence-electron chi connectivity index (χ3n) is 8.33. The standard InChI is InChI=1S/C28H37BN4O4/c1-27(2)28(3,4)37-29(36-27)21-9-11-25-23(17-21)24(31-33(25)26-7-5-6-14-35-26)10-8-20-18-30-32(19-20)22-12-15-34-16-13-22/h8-11,17-19,22,26H,5-7,12-16H2,1-4H3/b10-8+. The summed E-state index contributed by atoms with van der Waals surface area (Å²) in [4.78, 5) is 0. The average Bonchev–Trinajstić information content (AvgIpc) is 3.57. The number of fused-ring (bicyclic) bond motifs is 1. The van der Waals surface area contributed by atoms with Crippen molar-refractivity contribution in [1.82, 2.24) is 19.6 Å². The Balaban J connectivity index is 1.33. The molecule has 0 N–H and O–H groups in total. The zero-order valence-corrected chi connectivity index (χ0v) is 22.4. The molecule has 0 spiro atoms. The molecule has 1 aromatic carbocycles. The quantitative estimate of drug-likeness (QED) is 0.467. The molecule has 196 valence electrons. The van der Waals surface area contributed by atoms with E-state index in [4.69, 9.17) is 23.9 Å². The molecular weight excluding hydrogens is 467 g/mol. The van der Waals surface area contributed by atoms with Gasteiger partial charge in [-0.05, 0) is 83.5 Å². The van der Waals surface area contributed by atoms with Crippen LogP contribution in [0.1, 0.15) is 83.3 Å². The summed E-state index contributed by atoms with van der Waals surface area (Å²) in [5.41, 5.74) is 3.24. The molecule has 6 rings (SSSR count). The van der Waals surface area contributed by atoms with Crippen LogP contribution in [0, 0.1) is 0 Å². The summed E-state index contributed by atoms with van der Waals surface area (Å²) in [6.45, 7) is 10.7. The monoisotopic (exact) mass is 504 g/mol. The van der Waals surface area contributed by atoms with Gasteiger partial charge in [0.1, 0.15) is 0 Å². The van der Waals surface area contributed by atoms with Crippen LogP contribution in [-0.4, -0.2) is 57.7 Å². The summed E-state index contributed by atoms with van der Waals surface area (Å²) in [6, 6.07) is 6.79. The second-order valence-electron chi connectivity index (χ2n) is 11.4. The van der Waals surface area contributed by atoms with Crippen molar-refractivity contribution >= 4 is 35.6 Å². The topological polar surface area (TPSA) is 72.6 Å². The molecule has 5 heterocycles. The van der Waals surface area contributed by atoms with Crippen LogP contribution in [0.2, 0.25) is 0 Å². The van der Waals surface area contributed by atoms with Crippen molar-refractivity contribution in [2.24, 2.45) is 0 Å². The van der Waals surface area contributed by atoms with Gasteiger partial charge in [0.05, 0.1) is 34.7 Å². The minimum absolute atomic E-state index is 0.0441. The predicted molar refractivity (Wildman–Crippen MR) is 145 cm³/mol. The highest BCUT2D eigenvalue weighted by Gasteiger charge is 2.51. The molecule has 8 nitrogen and oxygen atoms in total. The summed E-state index contributed by atoms with van der Waals surface area (Å²) in [6.07, 6.45) is 13.4. The second kappa shape index (κ2) is 9.69. The number of nitrogens with zero attached hydrogens (tertiary/aromatic N) is 4. The molecule has 3 saturated heterocycles. The van der Waals surface area contributed by atoms with E-state index in [-0.39, 0.29) is 17.4 Å². The van der Waals surface area contributed by atoms with Crippen LogP contribution in [0.5, 0.6) is 0 Å². The zero-order chi connectivity index (χ0) is 25.6. The van der Waals surface area contributed by atoms with Gasteiger partial charge < -0.3 is 18.8 Å². The van der Waals surface area contributed by atoms with E-state index in [0.717, 1.165) is 79.5 Å². The van der Waals surface area contributed by atoms with Crippen molar-refractivity contribution in [3.63, 3.8) is 0 Å². The average molecular weight is 504 g/mol.